The van der Waals surface area contributed by atoms with Crippen LogP contribution in [0.4, 0.5) is 0 Å². The summed E-state index contributed by atoms with van der Waals surface area (Å²) in [5.74, 6) is 1.13. The maximum atomic E-state index is 10.8. The Kier molecular flexibility index (Phi) is 10.3. The quantitative estimate of drug-likeness (QED) is 0.369. The topological polar surface area (TPSA) is 35.5 Å². The number of esters is 1. The van der Waals surface area contributed by atoms with E-state index in [1.807, 2.05) is 0 Å². The zero-order valence-electron chi connectivity index (χ0n) is 7.57. The van der Waals surface area contributed by atoms with Crippen molar-refractivity contribution < 1.29 is 14.3 Å². The van der Waals surface area contributed by atoms with E-state index in [1.165, 1.54) is 0 Å². The maximum Gasteiger partial charge on any atom is 0.306 e. The molecule has 0 atom stereocenters. The first-order valence-electron chi connectivity index (χ1n) is 4.26. The first-order valence-corrected chi connectivity index (χ1v) is 5.53. The maximum absolute atomic E-state index is 10.8. The Bertz CT molecular complexity index is 131. The molecule has 0 aliphatic rings. The minimum Gasteiger partial charge on any atom is -0.463 e. The summed E-state index contributed by atoms with van der Waals surface area (Å²) < 4.78 is 9.99. The molecule has 78 valence electrons. The van der Waals surface area contributed by atoms with E-state index < -0.39 is 0 Å². The third-order valence-corrected chi connectivity index (χ3v) is 1.79. The van der Waals surface area contributed by atoms with Crippen LogP contribution < -0.4 is 0 Å². The van der Waals surface area contributed by atoms with Crippen LogP contribution in [0.5, 0.6) is 0 Å². The van der Waals surface area contributed by atoms with Crippen molar-refractivity contribution in [3.63, 3.8) is 0 Å². The Hall–Kier alpha value is 0.130. The largest absolute Gasteiger partial charge is 0.463 e. The van der Waals surface area contributed by atoms with Gasteiger partial charge >= 0.3 is 5.97 Å². The molecule has 0 aliphatic heterocycles. The summed E-state index contributed by atoms with van der Waals surface area (Å²) in [4.78, 5) is 10.8. The van der Waals surface area contributed by atoms with Gasteiger partial charge in [-0.3, -0.25) is 4.79 Å². The van der Waals surface area contributed by atoms with E-state index in [4.69, 9.17) is 9.47 Å². The van der Waals surface area contributed by atoms with Crippen LogP contribution in [0, 0.1) is 0 Å². The average molecular weight is 224 g/mol. The molecule has 0 aromatic rings. The molecule has 0 saturated heterocycles. The molecule has 0 spiro atoms. The fraction of sp³-hybridized carbons (Fsp3) is 0.875. The van der Waals surface area contributed by atoms with Gasteiger partial charge < -0.3 is 9.47 Å². The molecule has 0 aliphatic carbocycles. The summed E-state index contributed by atoms with van der Waals surface area (Å²) in [6, 6.07) is 0. The van der Waals surface area contributed by atoms with Crippen molar-refractivity contribution in [2.45, 2.75) is 12.8 Å². The van der Waals surface area contributed by atoms with E-state index in [-0.39, 0.29) is 5.97 Å². The summed E-state index contributed by atoms with van der Waals surface area (Å²) >= 11 is 7.94. The van der Waals surface area contributed by atoms with Gasteiger partial charge in [-0.25, -0.2) is 0 Å². The standard InChI is InChI=1S/C8H16O3S2/c9-8(2-7-13)11-5-4-10-3-1-6-12/h12-13H,1-7H2. The van der Waals surface area contributed by atoms with Gasteiger partial charge in [0.2, 0.25) is 0 Å². The SMILES string of the molecule is O=C(CCS)OCCOCCCS. The highest BCUT2D eigenvalue weighted by Gasteiger charge is 1.99. The predicted molar refractivity (Wildman–Crippen MR) is 58.7 cm³/mol. The normalized spacial score (nSPS) is 10.0. The van der Waals surface area contributed by atoms with Crippen LogP contribution in [0.25, 0.3) is 0 Å². The van der Waals surface area contributed by atoms with Crippen molar-refractivity contribution in [1.82, 2.24) is 0 Å². The van der Waals surface area contributed by atoms with Crippen LogP contribution in [0.3, 0.4) is 0 Å². The fourth-order valence-electron chi connectivity index (χ4n) is 0.647. The highest BCUT2D eigenvalue weighted by atomic mass is 32.1. The lowest BCUT2D eigenvalue weighted by Crippen LogP contribution is -2.11. The monoisotopic (exact) mass is 224 g/mol. The number of hydrogen-bond acceptors (Lipinski definition) is 5. The van der Waals surface area contributed by atoms with E-state index in [0.717, 1.165) is 12.2 Å². The van der Waals surface area contributed by atoms with Crippen molar-refractivity contribution >= 4 is 31.2 Å². The number of ether oxygens (including phenoxy) is 2. The zero-order chi connectivity index (χ0) is 9.94. The molecule has 0 saturated carbocycles. The van der Waals surface area contributed by atoms with Gasteiger partial charge in [0.1, 0.15) is 6.61 Å². The van der Waals surface area contributed by atoms with Crippen molar-refractivity contribution in [3.8, 4) is 0 Å². The van der Waals surface area contributed by atoms with Crippen LogP contribution in [0.2, 0.25) is 0 Å². The lowest BCUT2D eigenvalue weighted by Gasteiger charge is -2.04. The number of hydrogen-bond donors (Lipinski definition) is 2. The lowest BCUT2D eigenvalue weighted by molar-refractivity contribution is -0.144. The molecule has 0 radical (unpaired) electrons. The minimum atomic E-state index is -0.215. The number of rotatable bonds is 8. The lowest BCUT2D eigenvalue weighted by atomic mass is 10.5. The van der Waals surface area contributed by atoms with Crippen LogP contribution in [-0.2, 0) is 14.3 Å². The van der Waals surface area contributed by atoms with Gasteiger partial charge in [-0.2, -0.15) is 25.3 Å². The van der Waals surface area contributed by atoms with Crippen LogP contribution >= 0.6 is 25.3 Å². The molecule has 0 unspecified atom stereocenters. The summed E-state index contributed by atoms with van der Waals surface area (Å²) in [7, 11) is 0. The van der Waals surface area contributed by atoms with Gasteiger partial charge in [0.05, 0.1) is 13.0 Å². The van der Waals surface area contributed by atoms with E-state index in [9.17, 15) is 4.79 Å². The van der Waals surface area contributed by atoms with Gasteiger partial charge in [0.15, 0.2) is 0 Å². The molecule has 3 nitrogen and oxygen atoms in total. The Balaban J connectivity index is 3.02. The van der Waals surface area contributed by atoms with Gasteiger partial charge in [-0.05, 0) is 12.2 Å². The molecule has 13 heavy (non-hydrogen) atoms. The molecule has 0 N–H and O–H groups in total. The predicted octanol–water partition coefficient (Wildman–Crippen LogP) is 1.19. The number of carbonyl (C=O) groups is 1. The van der Waals surface area contributed by atoms with Crippen molar-refractivity contribution in [3.05, 3.63) is 0 Å². The van der Waals surface area contributed by atoms with Crippen molar-refractivity contribution in [2.24, 2.45) is 0 Å². The molecule has 5 heteroatoms. The molecule has 0 amide bonds. The molecule has 0 bridgehead atoms. The average Bonchev–Trinajstić information content (AvgIpc) is 2.11. The van der Waals surface area contributed by atoms with Gasteiger partial charge in [0.25, 0.3) is 0 Å². The zero-order valence-corrected chi connectivity index (χ0v) is 9.36. The van der Waals surface area contributed by atoms with E-state index in [1.54, 1.807) is 0 Å². The second-order valence-electron chi connectivity index (χ2n) is 2.38. The molecular weight excluding hydrogens is 208 g/mol. The second-order valence-corrected chi connectivity index (χ2v) is 3.28. The molecule has 0 rings (SSSR count). The first-order chi connectivity index (χ1) is 6.31. The Morgan fingerprint density at radius 2 is 1.85 bits per heavy atom. The van der Waals surface area contributed by atoms with Crippen molar-refractivity contribution in [2.75, 3.05) is 31.3 Å². The van der Waals surface area contributed by atoms with E-state index >= 15 is 0 Å². The second kappa shape index (κ2) is 10.2. The third-order valence-electron chi connectivity index (χ3n) is 1.25. The Morgan fingerprint density at radius 3 is 2.46 bits per heavy atom. The summed E-state index contributed by atoms with van der Waals surface area (Å²) in [5, 5.41) is 0. The molecule has 0 aromatic carbocycles. The Morgan fingerprint density at radius 1 is 1.08 bits per heavy atom. The Labute approximate surface area is 90.0 Å². The fourth-order valence-corrected chi connectivity index (χ4v) is 0.958. The van der Waals surface area contributed by atoms with Crippen molar-refractivity contribution in [1.29, 1.82) is 0 Å². The summed E-state index contributed by atoms with van der Waals surface area (Å²) in [6.07, 6.45) is 1.29. The first kappa shape index (κ1) is 13.1. The van der Waals surface area contributed by atoms with Gasteiger partial charge in [0, 0.05) is 12.4 Å². The summed E-state index contributed by atoms with van der Waals surface area (Å²) in [5.41, 5.74) is 0. The van der Waals surface area contributed by atoms with E-state index in [0.29, 0.717) is 32.0 Å². The summed E-state index contributed by atoms with van der Waals surface area (Å²) in [6.45, 7) is 1.47. The van der Waals surface area contributed by atoms with Gasteiger partial charge in [-0.15, -0.1) is 0 Å². The minimum absolute atomic E-state index is 0.215. The van der Waals surface area contributed by atoms with Crippen LogP contribution in [-0.4, -0.2) is 37.3 Å². The number of carbonyl (C=O) groups excluding carboxylic acids is 1. The van der Waals surface area contributed by atoms with Crippen LogP contribution in [0.1, 0.15) is 12.8 Å². The van der Waals surface area contributed by atoms with E-state index in [2.05, 4.69) is 25.3 Å². The van der Waals surface area contributed by atoms with Crippen LogP contribution in [0.15, 0.2) is 0 Å². The molecule has 0 aromatic heterocycles. The molecule has 0 heterocycles. The molecular formula is C8H16O3S2. The van der Waals surface area contributed by atoms with Gasteiger partial charge in [-0.1, -0.05) is 0 Å². The molecule has 0 fully saturated rings. The highest BCUT2D eigenvalue weighted by Crippen LogP contribution is 1.90. The third kappa shape index (κ3) is 10.0. The highest BCUT2D eigenvalue weighted by molar-refractivity contribution is 7.80. The number of thiol groups is 2. The smallest absolute Gasteiger partial charge is 0.306 e.